The van der Waals surface area contributed by atoms with Crippen molar-refractivity contribution < 1.29 is 14.3 Å². The van der Waals surface area contributed by atoms with Crippen LogP contribution in [0.3, 0.4) is 0 Å². The molecule has 0 unspecified atom stereocenters. The summed E-state index contributed by atoms with van der Waals surface area (Å²) in [4.78, 5) is 28.3. The van der Waals surface area contributed by atoms with E-state index in [4.69, 9.17) is 21.1 Å². The highest BCUT2D eigenvalue weighted by atomic mass is 79.9. The number of fused-ring (bicyclic) bond motifs is 1. The Kier molecular flexibility index (Phi) is 5.27. The first-order chi connectivity index (χ1) is 14.3. The van der Waals surface area contributed by atoms with Crippen LogP contribution in [0.5, 0.6) is 0 Å². The van der Waals surface area contributed by atoms with Gasteiger partial charge in [-0.25, -0.2) is 9.78 Å². The number of carboxylic acid groups (broad SMARTS) is 1. The molecule has 2 aromatic carbocycles. The van der Waals surface area contributed by atoms with Gasteiger partial charge in [0.05, 0.1) is 27.7 Å². The molecule has 0 aliphatic heterocycles. The van der Waals surface area contributed by atoms with Crippen LogP contribution in [-0.2, 0) is 0 Å². The number of aryl methyl sites for hydroxylation is 1. The summed E-state index contributed by atoms with van der Waals surface area (Å²) >= 11 is 9.38. The topological polar surface area (TPSA) is 97.7 Å². The van der Waals surface area contributed by atoms with Crippen molar-refractivity contribution in [3.63, 3.8) is 0 Å². The highest BCUT2D eigenvalue weighted by molar-refractivity contribution is 9.10. The van der Waals surface area contributed by atoms with Crippen LogP contribution in [-0.4, -0.2) is 27.0 Å². The number of carbonyl (C=O) groups is 1. The van der Waals surface area contributed by atoms with Crippen LogP contribution in [0.4, 0.5) is 0 Å². The van der Waals surface area contributed by atoms with E-state index in [-0.39, 0.29) is 16.1 Å². The maximum absolute atomic E-state index is 12.8. The highest BCUT2D eigenvalue weighted by Crippen LogP contribution is 2.27. The summed E-state index contributed by atoms with van der Waals surface area (Å²) in [5, 5.41) is 13.9. The van der Waals surface area contributed by atoms with Crippen LogP contribution in [0.2, 0.25) is 5.02 Å². The first-order valence-electron chi connectivity index (χ1n) is 8.70. The van der Waals surface area contributed by atoms with Crippen molar-refractivity contribution in [2.45, 2.75) is 6.92 Å². The van der Waals surface area contributed by atoms with Crippen molar-refractivity contribution in [1.29, 1.82) is 0 Å². The Morgan fingerprint density at radius 1 is 1.23 bits per heavy atom. The SMILES string of the molecule is Cc1nc2ccc(Br)cc2c(=O)n1N=Cc1ccc(-c2ccc(C(=O)O)c(Cl)c2)o1. The molecule has 0 aliphatic carbocycles. The molecule has 9 heteroatoms. The van der Waals surface area contributed by atoms with Gasteiger partial charge in [0, 0.05) is 10.0 Å². The summed E-state index contributed by atoms with van der Waals surface area (Å²) < 4.78 is 7.71. The fourth-order valence-corrected chi connectivity index (χ4v) is 3.55. The molecule has 1 N–H and O–H groups in total. The number of carboxylic acids is 1. The largest absolute Gasteiger partial charge is 0.478 e. The molecule has 2 heterocycles. The summed E-state index contributed by atoms with van der Waals surface area (Å²) in [5.74, 6) is 0.230. The number of benzene rings is 2. The number of aromatic carboxylic acids is 1. The molecule has 0 fully saturated rings. The van der Waals surface area contributed by atoms with Gasteiger partial charge in [-0.1, -0.05) is 33.6 Å². The van der Waals surface area contributed by atoms with Crippen LogP contribution >= 0.6 is 27.5 Å². The van der Waals surface area contributed by atoms with E-state index in [2.05, 4.69) is 26.0 Å². The molecule has 7 nitrogen and oxygen atoms in total. The van der Waals surface area contributed by atoms with E-state index in [9.17, 15) is 9.59 Å². The molecule has 0 amide bonds. The van der Waals surface area contributed by atoms with Gasteiger partial charge < -0.3 is 9.52 Å². The third-order valence-corrected chi connectivity index (χ3v) is 5.19. The molecule has 0 atom stereocenters. The quantitative estimate of drug-likeness (QED) is 0.411. The summed E-state index contributed by atoms with van der Waals surface area (Å²) in [6.45, 7) is 1.69. The van der Waals surface area contributed by atoms with Crippen molar-refractivity contribution in [2.75, 3.05) is 0 Å². The number of rotatable bonds is 4. The fraction of sp³-hybridized carbons (Fsp3) is 0.0476. The number of hydrogen-bond acceptors (Lipinski definition) is 5. The predicted octanol–water partition coefficient (Wildman–Crippen LogP) is 4.96. The van der Waals surface area contributed by atoms with Crippen molar-refractivity contribution >= 4 is 50.6 Å². The molecule has 0 spiro atoms. The summed E-state index contributed by atoms with van der Waals surface area (Å²) in [6.07, 6.45) is 1.41. The van der Waals surface area contributed by atoms with Gasteiger partial charge in [0.15, 0.2) is 0 Å². The molecule has 0 saturated heterocycles. The van der Waals surface area contributed by atoms with Crippen molar-refractivity contribution in [1.82, 2.24) is 9.66 Å². The van der Waals surface area contributed by atoms with Crippen LogP contribution < -0.4 is 5.56 Å². The molecule has 0 bridgehead atoms. The van der Waals surface area contributed by atoms with E-state index in [1.165, 1.54) is 23.0 Å². The molecular weight excluding hydrogens is 474 g/mol. The van der Waals surface area contributed by atoms with Gasteiger partial charge in [-0.15, -0.1) is 0 Å². The van der Waals surface area contributed by atoms with Crippen molar-refractivity contribution in [2.24, 2.45) is 5.10 Å². The van der Waals surface area contributed by atoms with Gasteiger partial charge in [0.2, 0.25) is 0 Å². The molecule has 2 aromatic heterocycles. The molecular formula is C21H13BrClN3O4. The third kappa shape index (κ3) is 3.79. The Bertz CT molecular complexity index is 1390. The van der Waals surface area contributed by atoms with Crippen molar-refractivity contribution in [3.05, 3.63) is 85.5 Å². The van der Waals surface area contributed by atoms with Crippen molar-refractivity contribution in [3.8, 4) is 11.3 Å². The van der Waals surface area contributed by atoms with Gasteiger partial charge in [0.25, 0.3) is 5.56 Å². The first kappa shape index (κ1) is 20.1. The lowest BCUT2D eigenvalue weighted by molar-refractivity contribution is 0.0697. The van der Waals surface area contributed by atoms with Gasteiger partial charge in [0.1, 0.15) is 17.3 Å². The Balaban J connectivity index is 1.67. The second kappa shape index (κ2) is 7.89. The third-order valence-electron chi connectivity index (χ3n) is 4.38. The zero-order chi connectivity index (χ0) is 21.4. The number of halogens is 2. The van der Waals surface area contributed by atoms with Crippen LogP contribution in [0.1, 0.15) is 21.9 Å². The second-order valence-corrected chi connectivity index (χ2v) is 7.71. The summed E-state index contributed by atoms with van der Waals surface area (Å²) in [6, 6.07) is 13.2. The Morgan fingerprint density at radius 2 is 2.03 bits per heavy atom. The minimum atomic E-state index is -1.10. The standard InChI is InChI=1S/C21H13BrClN3O4/c1-11-25-18-6-3-13(22)9-16(18)20(27)26(11)24-10-14-4-7-19(30-14)12-2-5-15(21(28)29)17(23)8-12/h2-10H,1H3,(H,28,29). The molecule has 0 aliphatic rings. The smallest absolute Gasteiger partial charge is 0.337 e. The fourth-order valence-electron chi connectivity index (χ4n) is 2.93. The number of hydrogen-bond donors (Lipinski definition) is 1. The molecule has 150 valence electrons. The van der Waals surface area contributed by atoms with Gasteiger partial charge >= 0.3 is 5.97 Å². The predicted molar refractivity (Wildman–Crippen MR) is 118 cm³/mol. The number of nitrogens with zero attached hydrogens (tertiary/aromatic N) is 3. The minimum absolute atomic E-state index is 0.0130. The normalized spacial score (nSPS) is 11.4. The molecule has 4 rings (SSSR count). The van der Waals surface area contributed by atoms with E-state index in [0.29, 0.717) is 33.8 Å². The van der Waals surface area contributed by atoms with Crippen LogP contribution in [0, 0.1) is 6.92 Å². The molecule has 4 aromatic rings. The Hall–Kier alpha value is -3.23. The Labute approximate surface area is 183 Å². The lowest BCUT2D eigenvalue weighted by atomic mass is 10.1. The van der Waals surface area contributed by atoms with E-state index >= 15 is 0 Å². The maximum Gasteiger partial charge on any atom is 0.337 e. The minimum Gasteiger partial charge on any atom is -0.478 e. The zero-order valence-electron chi connectivity index (χ0n) is 15.5. The van der Waals surface area contributed by atoms with Crippen LogP contribution in [0.25, 0.3) is 22.2 Å². The van der Waals surface area contributed by atoms with E-state index in [1.54, 1.807) is 37.3 Å². The average Bonchev–Trinajstić information content (AvgIpc) is 3.17. The summed E-state index contributed by atoms with van der Waals surface area (Å²) in [5.41, 5.74) is 0.932. The lowest BCUT2D eigenvalue weighted by Gasteiger charge is -2.05. The number of aromatic nitrogens is 2. The Morgan fingerprint density at radius 3 is 2.77 bits per heavy atom. The highest BCUT2D eigenvalue weighted by Gasteiger charge is 2.12. The van der Waals surface area contributed by atoms with Crippen LogP contribution in [0.15, 0.2) is 67.3 Å². The lowest BCUT2D eigenvalue weighted by Crippen LogP contribution is -2.20. The average molecular weight is 487 g/mol. The van der Waals surface area contributed by atoms with E-state index in [1.807, 2.05) is 6.07 Å². The van der Waals surface area contributed by atoms with E-state index < -0.39 is 5.97 Å². The second-order valence-electron chi connectivity index (χ2n) is 6.38. The first-order valence-corrected chi connectivity index (χ1v) is 9.87. The monoisotopic (exact) mass is 485 g/mol. The van der Waals surface area contributed by atoms with E-state index in [0.717, 1.165) is 4.47 Å². The zero-order valence-corrected chi connectivity index (χ0v) is 17.8. The van der Waals surface area contributed by atoms with Gasteiger partial charge in [-0.2, -0.15) is 9.78 Å². The van der Waals surface area contributed by atoms with Gasteiger partial charge in [-0.3, -0.25) is 4.79 Å². The summed E-state index contributed by atoms with van der Waals surface area (Å²) in [7, 11) is 0. The van der Waals surface area contributed by atoms with Gasteiger partial charge in [-0.05, 0) is 49.4 Å². The molecule has 30 heavy (non-hydrogen) atoms. The molecule has 0 radical (unpaired) electrons. The number of furan rings is 1. The maximum atomic E-state index is 12.8. The molecule has 0 saturated carbocycles.